The van der Waals surface area contributed by atoms with Crippen LogP contribution in [0.5, 0.6) is 5.75 Å². The molecule has 0 radical (unpaired) electrons. The summed E-state index contributed by atoms with van der Waals surface area (Å²) in [5.74, 6) is 0.315. The minimum atomic E-state index is -0.322. The maximum atomic E-state index is 13.4. The van der Waals surface area contributed by atoms with E-state index in [1.165, 1.54) is 30.4 Å². The Bertz CT molecular complexity index is 1330. The summed E-state index contributed by atoms with van der Waals surface area (Å²) >= 11 is 0. The van der Waals surface area contributed by atoms with Crippen molar-refractivity contribution >= 4 is 16.7 Å². The molecule has 1 aliphatic rings. The Morgan fingerprint density at radius 1 is 0.778 bits per heavy atom. The Morgan fingerprint density at radius 3 is 2.14 bits per heavy atom. The highest BCUT2D eigenvalue weighted by Crippen LogP contribution is 2.41. The molecule has 3 heteroatoms. The Hall–Kier alpha value is -3.43. The van der Waals surface area contributed by atoms with Crippen molar-refractivity contribution in [1.82, 2.24) is 4.90 Å². The number of fused-ring (bicyclic) bond motifs is 1. The minimum Gasteiger partial charge on any atom is -0.423 e. The maximum absolute atomic E-state index is 13.4. The minimum absolute atomic E-state index is 0.0173. The van der Waals surface area contributed by atoms with Gasteiger partial charge < -0.3 is 4.74 Å². The van der Waals surface area contributed by atoms with Gasteiger partial charge in [0.25, 0.3) is 0 Å². The van der Waals surface area contributed by atoms with Crippen LogP contribution < -0.4 is 4.74 Å². The Balaban J connectivity index is 1.59. The van der Waals surface area contributed by atoms with Crippen LogP contribution in [0.3, 0.4) is 0 Å². The number of carbonyl (C=O) groups excluding carboxylic acids is 1. The van der Waals surface area contributed by atoms with Crippen molar-refractivity contribution in [2.75, 3.05) is 13.1 Å². The van der Waals surface area contributed by atoms with Gasteiger partial charge in [0.1, 0.15) is 5.75 Å². The molecule has 1 heterocycles. The molecule has 5 rings (SSSR count). The molecular weight excluding hydrogens is 442 g/mol. The van der Waals surface area contributed by atoms with E-state index in [1.54, 1.807) is 0 Å². The molecule has 0 aliphatic carbocycles. The number of hydrogen-bond donors (Lipinski definition) is 0. The average Bonchev–Trinajstić information content (AvgIpc) is 2.90. The van der Waals surface area contributed by atoms with Crippen LogP contribution in [-0.2, 0) is 5.41 Å². The number of benzene rings is 4. The zero-order valence-corrected chi connectivity index (χ0v) is 21.5. The van der Waals surface area contributed by atoms with E-state index in [2.05, 4.69) is 86.3 Å². The molecule has 0 N–H and O–H groups in total. The van der Waals surface area contributed by atoms with Gasteiger partial charge in [0.05, 0.1) is 11.6 Å². The topological polar surface area (TPSA) is 29.5 Å². The van der Waals surface area contributed by atoms with Crippen LogP contribution in [0.1, 0.15) is 73.1 Å². The fourth-order valence-electron chi connectivity index (χ4n) is 5.28. The van der Waals surface area contributed by atoms with E-state index in [0.717, 1.165) is 29.4 Å². The second-order valence-corrected chi connectivity index (χ2v) is 10.8. The summed E-state index contributed by atoms with van der Waals surface area (Å²) in [6.07, 6.45) is 3.63. The highest BCUT2D eigenvalue weighted by molar-refractivity contribution is 5.94. The summed E-state index contributed by atoms with van der Waals surface area (Å²) in [4.78, 5) is 15.9. The van der Waals surface area contributed by atoms with Gasteiger partial charge in [-0.25, -0.2) is 4.79 Å². The molecule has 3 nitrogen and oxygen atoms in total. The second-order valence-electron chi connectivity index (χ2n) is 10.8. The molecule has 1 atom stereocenters. The summed E-state index contributed by atoms with van der Waals surface area (Å²) in [5, 5.41) is 2.28. The Kier molecular flexibility index (Phi) is 6.93. The summed E-state index contributed by atoms with van der Waals surface area (Å²) < 4.78 is 6.19. The van der Waals surface area contributed by atoms with E-state index in [1.807, 2.05) is 30.3 Å². The molecule has 1 saturated heterocycles. The molecule has 184 valence electrons. The van der Waals surface area contributed by atoms with Gasteiger partial charge in [-0.3, -0.25) is 4.90 Å². The summed E-state index contributed by atoms with van der Waals surface area (Å²) in [5.41, 5.74) is 4.09. The zero-order valence-electron chi connectivity index (χ0n) is 21.5. The van der Waals surface area contributed by atoms with Gasteiger partial charge in [0.2, 0.25) is 0 Å². The van der Waals surface area contributed by atoms with Crippen LogP contribution in [0.25, 0.3) is 10.8 Å². The lowest BCUT2D eigenvalue weighted by molar-refractivity contribution is 0.0730. The van der Waals surface area contributed by atoms with E-state index < -0.39 is 0 Å². The van der Waals surface area contributed by atoms with Crippen LogP contribution in [-0.4, -0.2) is 24.0 Å². The highest BCUT2D eigenvalue weighted by Gasteiger charge is 2.29. The molecule has 1 unspecified atom stereocenters. The quantitative estimate of drug-likeness (QED) is 0.216. The van der Waals surface area contributed by atoms with Crippen LogP contribution in [0, 0.1) is 0 Å². The van der Waals surface area contributed by atoms with Crippen LogP contribution >= 0.6 is 0 Å². The first kappa shape index (κ1) is 24.3. The monoisotopic (exact) mass is 477 g/mol. The molecule has 1 fully saturated rings. The summed E-state index contributed by atoms with van der Waals surface area (Å²) in [6.45, 7) is 8.58. The van der Waals surface area contributed by atoms with Crippen molar-refractivity contribution in [1.29, 1.82) is 0 Å². The van der Waals surface area contributed by atoms with Crippen LogP contribution in [0.2, 0.25) is 0 Å². The fraction of sp³-hybridized carbons (Fsp3) is 0.303. The van der Waals surface area contributed by atoms with E-state index >= 15 is 0 Å². The third kappa shape index (κ3) is 5.08. The second kappa shape index (κ2) is 10.3. The lowest BCUT2D eigenvalue weighted by atomic mass is 9.87. The van der Waals surface area contributed by atoms with Crippen LogP contribution in [0.15, 0.2) is 91.0 Å². The number of likely N-dealkylation sites (tertiary alicyclic amines) is 1. The van der Waals surface area contributed by atoms with E-state index in [-0.39, 0.29) is 17.4 Å². The molecule has 4 aromatic carbocycles. The number of nitrogens with zero attached hydrogens (tertiary/aromatic N) is 1. The third-order valence-corrected chi connectivity index (χ3v) is 7.26. The van der Waals surface area contributed by atoms with Crippen LogP contribution in [0.4, 0.5) is 0 Å². The van der Waals surface area contributed by atoms with Crippen molar-refractivity contribution in [3.63, 3.8) is 0 Å². The molecule has 0 bridgehead atoms. The molecule has 1 aliphatic heterocycles. The summed E-state index contributed by atoms with van der Waals surface area (Å²) in [7, 11) is 0. The number of esters is 1. The number of rotatable bonds is 5. The zero-order chi connectivity index (χ0) is 25.1. The van der Waals surface area contributed by atoms with Crippen molar-refractivity contribution in [3.05, 3.63) is 113 Å². The van der Waals surface area contributed by atoms with Gasteiger partial charge in [0, 0.05) is 5.56 Å². The smallest absolute Gasteiger partial charge is 0.343 e. The number of hydrogen-bond acceptors (Lipinski definition) is 3. The molecule has 0 amide bonds. The van der Waals surface area contributed by atoms with E-state index in [9.17, 15) is 4.79 Å². The predicted octanol–water partition coefficient (Wildman–Crippen LogP) is 7.93. The van der Waals surface area contributed by atoms with Gasteiger partial charge in [0.15, 0.2) is 0 Å². The molecule has 36 heavy (non-hydrogen) atoms. The predicted molar refractivity (Wildman–Crippen MR) is 148 cm³/mol. The van der Waals surface area contributed by atoms with Gasteiger partial charge >= 0.3 is 5.97 Å². The molecule has 0 saturated carbocycles. The lowest BCUT2D eigenvalue weighted by Gasteiger charge is -2.36. The standard InChI is InChI=1S/C33H35NO2/c1-33(2,3)27-19-16-26(17-20-27)32(35)36-29-21-18-24-12-8-9-15-28(24)30(29)31(25-13-6-4-7-14-25)34-22-10-5-11-23-34/h4,6-9,12-21,31H,5,10-11,22-23H2,1-3H3. The third-order valence-electron chi connectivity index (χ3n) is 7.26. The first-order chi connectivity index (χ1) is 17.4. The molecular formula is C33H35NO2. The average molecular weight is 478 g/mol. The van der Waals surface area contributed by atoms with Crippen molar-refractivity contribution in [3.8, 4) is 5.75 Å². The normalized spacial score (nSPS) is 15.5. The Morgan fingerprint density at radius 2 is 1.44 bits per heavy atom. The number of ether oxygens (including phenoxy) is 1. The highest BCUT2D eigenvalue weighted by atomic mass is 16.5. The van der Waals surface area contributed by atoms with Gasteiger partial charge in [-0.1, -0.05) is 100.0 Å². The number of carbonyl (C=O) groups is 1. The summed E-state index contributed by atoms with van der Waals surface area (Å²) in [6, 6.07) is 30.9. The first-order valence-electron chi connectivity index (χ1n) is 13.1. The van der Waals surface area contributed by atoms with E-state index in [4.69, 9.17) is 4.74 Å². The van der Waals surface area contributed by atoms with Crippen molar-refractivity contribution in [2.24, 2.45) is 0 Å². The molecule has 0 aromatic heterocycles. The van der Waals surface area contributed by atoms with Crippen molar-refractivity contribution in [2.45, 2.75) is 51.5 Å². The maximum Gasteiger partial charge on any atom is 0.343 e. The van der Waals surface area contributed by atoms with Gasteiger partial charge in [-0.05, 0) is 71.4 Å². The number of piperidine rings is 1. The van der Waals surface area contributed by atoms with Crippen molar-refractivity contribution < 1.29 is 9.53 Å². The first-order valence-corrected chi connectivity index (χ1v) is 13.1. The largest absolute Gasteiger partial charge is 0.423 e. The molecule has 4 aromatic rings. The van der Waals surface area contributed by atoms with Gasteiger partial charge in [-0.2, -0.15) is 0 Å². The van der Waals surface area contributed by atoms with E-state index in [0.29, 0.717) is 11.3 Å². The molecule has 0 spiro atoms. The SMILES string of the molecule is CC(C)(C)c1ccc(C(=O)Oc2ccc3ccccc3c2C(c2ccccc2)N2CCCCC2)cc1. The fourth-order valence-corrected chi connectivity index (χ4v) is 5.28. The van der Waals surface area contributed by atoms with Gasteiger partial charge in [-0.15, -0.1) is 0 Å². The lowest BCUT2D eigenvalue weighted by Crippen LogP contribution is -2.34. The Labute approximate surface area is 214 Å².